The Morgan fingerprint density at radius 1 is 1.20 bits per heavy atom. The van der Waals surface area contributed by atoms with Crippen LogP contribution in [0.25, 0.3) is 0 Å². The number of aliphatic carboxylic acids is 1. The number of aliphatic hydroxyl groups excluding tert-OH is 1. The maximum atomic E-state index is 12.1. The smallest absolute Gasteiger partial charge is 0.326 e. The summed E-state index contributed by atoms with van der Waals surface area (Å²) in [6, 6.07) is 8.19. The maximum absolute atomic E-state index is 12.1. The number of carboxylic acids is 1. The molecule has 0 spiro atoms. The summed E-state index contributed by atoms with van der Waals surface area (Å²) >= 11 is 0. The Labute approximate surface area is 118 Å². The van der Waals surface area contributed by atoms with E-state index in [-0.39, 0.29) is 12.3 Å². The van der Waals surface area contributed by atoms with Crippen LogP contribution in [0, 0.1) is 5.92 Å². The number of hydrogen-bond donors (Lipinski definition) is 2. The van der Waals surface area contributed by atoms with Crippen molar-refractivity contribution in [1.29, 1.82) is 0 Å². The minimum Gasteiger partial charge on any atom is -0.480 e. The zero-order chi connectivity index (χ0) is 15.3. The standard InChI is InChI=1S/C15H21NO4/c1-10(2)13(15(19)20)16(3)14(18)12(17)9-11-7-5-4-6-8-11/h4-8,10,12-13,17H,9H2,1-3H3,(H,19,20)/t12-,13-/m0/s1. The van der Waals surface area contributed by atoms with Gasteiger partial charge < -0.3 is 15.1 Å². The summed E-state index contributed by atoms with van der Waals surface area (Å²) < 4.78 is 0. The average Bonchev–Trinajstić information content (AvgIpc) is 2.37. The van der Waals surface area contributed by atoms with Gasteiger partial charge in [-0.15, -0.1) is 0 Å². The molecule has 1 aromatic carbocycles. The molecular weight excluding hydrogens is 258 g/mol. The van der Waals surface area contributed by atoms with Crippen LogP contribution in [-0.4, -0.2) is 46.2 Å². The molecule has 0 saturated carbocycles. The van der Waals surface area contributed by atoms with Crippen LogP contribution in [0.4, 0.5) is 0 Å². The van der Waals surface area contributed by atoms with Crippen molar-refractivity contribution in [2.45, 2.75) is 32.4 Å². The number of carboxylic acid groups (broad SMARTS) is 1. The van der Waals surface area contributed by atoms with Crippen molar-refractivity contribution in [3.63, 3.8) is 0 Å². The Kier molecular flexibility index (Phi) is 5.70. The Bertz CT molecular complexity index is 458. The minimum absolute atomic E-state index is 0.175. The fraction of sp³-hybridized carbons (Fsp3) is 0.467. The molecule has 5 heteroatoms. The third-order valence-electron chi connectivity index (χ3n) is 3.21. The molecule has 1 rings (SSSR count). The monoisotopic (exact) mass is 279 g/mol. The number of likely N-dealkylation sites (N-methyl/N-ethyl adjacent to an activating group) is 1. The van der Waals surface area contributed by atoms with Crippen molar-refractivity contribution < 1.29 is 19.8 Å². The molecule has 2 atom stereocenters. The van der Waals surface area contributed by atoms with Gasteiger partial charge in [-0.3, -0.25) is 4.79 Å². The normalized spacial score (nSPS) is 13.8. The fourth-order valence-corrected chi connectivity index (χ4v) is 2.19. The van der Waals surface area contributed by atoms with E-state index in [2.05, 4.69) is 0 Å². The van der Waals surface area contributed by atoms with Crippen LogP contribution in [0.3, 0.4) is 0 Å². The van der Waals surface area contributed by atoms with Gasteiger partial charge in [-0.1, -0.05) is 44.2 Å². The van der Waals surface area contributed by atoms with E-state index in [1.807, 2.05) is 30.3 Å². The zero-order valence-corrected chi connectivity index (χ0v) is 12.0. The SMILES string of the molecule is CC(C)[C@@H](C(=O)O)N(C)C(=O)[C@@H](O)Cc1ccccc1. The number of carbonyl (C=O) groups excluding carboxylic acids is 1. The fourth-order valence-electron chi connectivity index (χ4n) is 2.19. The molecule has 0 bridgehead atoms. The third kappa shape index (κ3) is 4.06. The van der Waals surface area contributed by atoms with Gasteiger partial charge in [0.1, 0.15) is 12.1 Å². The largest absolute Gasteiger partial charge is 0.480 e. The van der Waals surface area contributed by atoms with Gasteiger partial charge in [0.2, 0.25) is 0 Å². The van der Waals surface area contributed by atoms with E-state index < -0.39 is 24.0 Å². The van der Waals surface area contributed by atoms with Crippen LogP contribution in [-0.2, 0) is 16.0 Å². The second-order valence-corrected chi connectivity index (χ2v) is 5.18. The van der Waals surface area contributed by atoms with E-state index in [1.54, 1.807) is 13.8 Å². The molecule has 0 radical (unpaired) electrons. The Hall–Kier alpha value is -1.88. The minimum atomic E-state index is -1.23. The van der Waals surface area contributed by atoms with E-state index in [0.717, 1.165) is 10.5 Å². The lowest BCUT2D eigenvalue weighted by molar-refractivity contribution is -0.154. The second-order valence-electron chi connectivity index (χ2n) is 5.18. The van der Waals surface area contributed by atoms with Gasteiger partial charge in [0.05, 0.1) is 0 Å². The summed E-state index contributed by atoms with van der Waals surface area (Å²) in [7, 11) is 1.41. The number of carbonyl (C=O) groups is 2. The van der Waals surface area contributed by atoms with E-state index in [0.29, 0.717) is 0 Å². The van der Waals surface area contributed by atoms with Crippen molar-refractivity contribution in [1.82, 2.24) is 4.90 Å². The van der Waals surface area contributed by atoms with E-state index >= 15 is 0 Å². The van der Waals surface area contributed by atoms with Gasteiger partial charge in [0, 0.05) is 13.5 Å². The van der Waals surface area contributed by atoms with Gasteiger partial charge in [0.25, 0.3) is 5.91 Å². The molecule has 0 aromatic heterocycles. The second kappa shape index (κ2) is 7.05. The van der Waals surface area contributed by atoms with Crippen molar-refractivity contribution in [3.05, 3.63) is 35.9 Å². The molecule has 110 valence electrons. The first-order valence-electron chi connectivity index (χ1n) is 6.56. The number of rotatable bonds is 6. The maximum Gasteiger partial charge on any atom is 0.326 e. The lowest BCUT2D eigenvalue weighted by Crippen LogP contribution is -2.49. The molecule has 0 aliphatic heterocycles. The number of benzene rings is 1. The molecule has 0 fully saturated rings. The third-order valence-corrected chi connectivity index (χ3v) is 3.21. The van der Waals surface area contributed by atoms with Crippen molar-refractivity contribution in [2.24, 2.45) is 5.92 Å². The predicted molar refractivity (Wildman–Crippen MR) is 75.2 cm³/mol. The first kappa shape index (κ1) is 16.2. The Morgan fingerprint density at radius 2 is 1.75 bits per heavy atom. The van der Waals surface area contributed by atoms with Crippen molar-refractivity contribution in [2.75, 3.05) is 7.05 Å². The Morgan fingerprint density at radius 3 is 2.20 bits per heavy atom. The lowest BCUT2D eigenvalue weighted by Gasteiger charge is -2.29. The Balaban J connectivity index is 2.75. The summed E-state index contributed by atoms with van der Waals surface area (Å²) in [5, 5.41) is 19.1. The number of nitrogens with zero attached hydrogens (tertiary/aromatic N) is 1. The van der Waals surface area contributed by atoms with Crippen LogP contribution in [0.15, 0.2) is 30.3 Å². The molecule has 1 amide bonds. The van der Waals surface area contributed by atoms with Crippen LogP contribution < -0.4 is 0 Å². The molecule has 0 unspecified atom stereocenters. The zero-order valence-electron chi connectivity index (χ0n) is 12.0. The summed E-state index contributed by atoms with van der Waals surface area (Å²) in [6.45, 7) is 3.46. The molecule has 2 N–H and O–H groups in total. The molecule has 5 nitrogen and oxygen atoms in total. The number of hydrogen-bond acceptors (Lipinski definition) is 3. The molecule has 0 heterocycles. The molecule has 20 heavy (non-hydrogen) atoms. The first-order valence-corrected chi connectivity index (χ1v) is 6.56. The number of amides is 1. The van der Waals surface area contributed by atoms with Gasteiger partial charge >= 0.3 is 5.97 Å². The van der Waals surface area contributed by atoms with Gasteiger partial charge in [-0.05, 0) is 11.5 Å². The molecule has 0 aliphatic carbocycles. The summed E-state index contributed by atoms with van der Waals surface area (Å²) in [5.41, 5.74) is 0.832. The molecule has 0 aliphatic rings. The lowest BCUT2D eigenvalue weighted by atomic mass is 10.0. The molecule has 0 saturated heterocycles. The molecular formula is C15H21NO4. The number of aliphatic hydroxyl groups is 1. The summed E-state index contributed by atoms with van der Waals surface area (Å²) in [6.07, 6.45) is -1.06. The van der Waals surface area contributed by atoms with Crippen LogP contribution >= 0.6 is 0 Å². The topological polar surface area (TPSA) is 77.8 Å². The van der Waals surface area contributed by atoms with Crippen LogP contribution in [0.1, 0.15) is 19.4 Å². The summed E-state index contributed by atoms with van der Waals surface area (Å²) in [5.74, 6) is -1.87. The van der Waals surface area contributed by atoms with E-state index in [1.165, 1.54) is 7.05 Å². The van der Waals surface area contributed by atoms with Gasteiger partial charge in [-0.2, -0.15) is 0 Å². The highest BCUT2D eigenvalue weighted by atomic mass is 16.4. The molecule has 1 aromatic rings. The first-order chi connectivity index (χ1) is 9.34. The summed E-state index contributed by atoms with van der Waals surface area (Å²) in [4.78, 5) is 24.4. The highest BCUT2D eigenvalue weighted by Gasteiger charge is 2.32. The van der Waals surface area contributed by atoms with Gasteiger partial charge in [0.15, 0.2) is 0 Å². The average molecular weight is 279 g/mol. The van der Waals surface area contributed by atoms with Crippen LogP contribution in [0.5, 0.6) is 0 Å². The van der Waals surface area contributed by atoms with E-state index in [4.69, 9.17) is 5.11 Å². The van der Waals surface area contributed by atoms with Gasteiger partial charge in [-0.25, -0.2) is 4.79 Å². The van der Waals surface area contributed by atoms with E-state index in [9.17, 15) is 14.7 Å². The van der Waals surface area contributed by atoms with Crippen molar-refractivity contribution in [3.8, 4) is 0 Å². The highest BCUT2D eigenvalue weighted by molar-refractivity contribution is 5.86. The highest BCUT2D eigenvalue weighted by Crippen LogP contribution is 2.13. The predicted octanol–water partition coefficient (Wildman–Crippen LogP) is 1.16. The van der Waals surface area contributed by atoms with Crippen LogP contribution in [0.2, 0.25) is 0 Å². The quantitative estimate of drug-likeness (QED) is 0.819. The van der Waals surface area contributed by atoms with Crippen molar-refractivity contribution >= 4 is 11.9 Å².